The summed E-state index contributed by atoms with van der Waals surface area (Å²) in [5.74, 6) is 1.94. The largest absolute Gasteiger partial charge is 0.455 e. The normalized spacial score (nSPS) is 12.2. The van der Waals surface area contributed by atoms with Gasteiger partial charge in [-0.15, -0.1) is 0 Å². The summed E-state index contributed by atoms with van der Waals surface area (Å²) in [5, 5.41) is 6.80. The maximum Gasteiger partial charge on any atom is 0.165 e. The maximum atomic E-state index is 6.72. The first-order chi connectivity index (χ1) is 29.9. The molecule has 0 aliphatic carbocycles. The topological polar surface area (TPSA) is 61.7 Å². The number of hydrogen-bond acceptors (Lipinski definition) is 4. The molecule has 6 nitrogen and oxygen atoms in total. The van der Waals surface area contributed by atoms with Gasteiger partial charge in [0.25, 0.3) is 0 Å². The van der Waals surface area contributed by atoms with Crippen molar-refractivity contribution in [3.05, 3.63) is 188 Å². The van der Waals surface area contributed by atoms with E-state index in [0.717, 1.165) is 88.4 Å². The van der Waals surface area contributed by atoms with Gasteiger partial charge in [0.15, 0.2) is 11.6 Å². The predicted molar refractivity (Wildman–Crippen MR) is 251 cm³/mol. The van der Waals surface area contributed by atoms with E-state index in [1.165, 1.54) is 10.8 Å². The van der Waals surface area contributed by atoms with Gasteiger partial charge in [0, 0.05) is 49.0 Å². The van der Waals surface area contributed by atoms with Crippen molar-refractivity contribution >= 4 is 65.6 Å². The highest BCUT2D eigenvalue weighted by Gasteiger charge is 2.27. The summed E-state index contributed by atoms with van der Waals surface area (Å²) < 4.78 is 11.5. The Bertz CT molecular complexity index is 3640. The zero-order valence-electron chi connectivity index (χ0n) is 34.0. The first kappa shape index (κ1) is 35.1. The molecule has 8 aromatic carbocycles. The summed E-state index contributed by atoms with van der Waals surface area (Å²) >= 11 is 0. The Morgan fingerprint density at radius 2 is 0.967 bits per heavy atom. The van der Waals surface area contributed by atoms with Crippen LogP contribution in [-0.2, 0) is 5.41 Å². The molecule has 4 aromatic heterocycles. The number of hydrogen-bond donors (Lipinski definition) is 0. The van der Waals surface area contributed by atoms with Gasteiger partial charge in [-0.1, -0.05) is 148 Å². The van der Waals surface area contributed by atoms with Crippen molar-refractivity contribution in [2.24, 2.45) is 0 Å². The van der Waals surface area contributed by atoms with E-state index < -0.39 is 0 Å². The van der Waals surface area contributed by atoms with Gasteiger partial charge in [0.05, 0.1) is 38.8 Å². The number of nitrogens with zero attached hydrogens (tertiary/aromatic N) is 5. The summed E-state index contributed by atoms with van der Waals surface area (Å²) in [7, 11) is 0. The van der Waals surface area contributed by atoms with Crippen LogP contribution >= 0.6 is 0 Å². The smallest absolute Gasteiger partial charge is 0.165 e. The standard InChI is InChI=1S/C55H39N5O/c1-55(2,3)54-57-52(41-24-10-15-30-46(41)59-43-27-12-7-20-36(43)37-21-8-13-28-44(37)59)56-53(58-54)42-26-17-25-35(34-18-5-4-6-19-34)50(42)60-45-29-14-9-23-40(45)49-47(60)33-32-39-38-22-11-16-31-48(38)61-51(39)49/h4-33H,1-3H3. The van der Waals surface area contributed by atoms with Crippen molar-refractivity contribution in [3.63, 3.8) is 0 Å². The molecular formula is C55H39N5O. The van der Waals surface area contributed by atoms with E-state index in [2.05, 4.69) is 200 Å². The molecule has 12 rings (SSSR count). The summed E-state index contributed by atoms with van der Waals surface area (Å²) in [6, 6.07) is 64.2. The third kappa shape index (κ3) is 5.38. The lowest BCUT2D eigenvalue weighted by molar-refractivity contribution is 0.543. The average Bonchev–Trinajstić information content (AvgIpc) is 3.96. The fourth-order valence-corrected chi connectivity index (χ4v) is 9.28. The minimum atomic E-state index is -0.384. The SMILES string of the molecule is CC(C)(C)c1nc(-c2ccccc2-n2c3ccccc3c3ccccc32)nc(-c2cccc(-c3ccccc3)c2-n2c3ccccc3c3c4oc5ccccc5c4ccc32)n1. The minimum Gasteiger partial charge on any atom is -0.455 e. The fraction of sp³-hybridized carbons (Fsp3) is 0.0727. The van der Waals surface area contributed by atoms with Crippen molar-refractivity contribution in [1.29, 1.82) is 0 Å². The van der Waals surface area contributed by atoms with Crippen LogP contribution in [0.4, 0.5) is 0 Å². The summed E-state index contributed by atoms with van der Waals surface area (Å²) in [6.07, 6.45) is 0. The average molecular weight is 786 g/mol. The second-order valence-corrected chi connectivity index (χ2v) is 16.8. The van der Waals surface area contributed by atoms with E-state index in [-0.39, 0.29) is 5.41 Å². The molecule has 0 saturated heterocycles. The molecule has 12 aromatic rings. The van der Waals surface area contributed by atoms with Gasteiger partial charge < -0.3 is 13.6 Å². The number of benzene rings is 8. The molecule has 0 aliphatic heterocycles. The summed E-state index contributed by atoms with van der Waals surface area (Å²) in [6.45, 7) is 6.50. The molecule has 0 N–H and O–H groups in total. The van der Waals surface area contributed by atoms with Crippen LogP contribution in [0.1, 0.15) is 26.6 Å². The molecular weight excluding hydrogens is 747 g/mol. The molecule has 290 valence electrons. The van der Waals surface area contributed by atoms with Crippen LogP contribution in [0.3, 0.4) is 0 Å². The first-order valence-electron chi connectivity index (χ1n) is 20.8. The molecule has 0 saturated carbocycles. The number of furan rings is 1. The van der Waals surface area contributed by atoms with Crippen LogP contribution < -0.4 is 0 Å². The predicted octanol–water partition coefficient (Wildman–Crippen LogP) is 14.3. The zero-order chi connectivity index (χ0) is 40.8. The zero-order valence-corrected chi connectivity index (χ0v) is 34.0. The Balaban J connectivity index is 1.17. The first-order valence-corrected chi connectivity index (χ1v) is 20.8. The van der Waals surface area contributed by atoms with E-state index >= 15 is 0 Å². The second-order valence-electron chi connectivity index (χ2n) is 16.8. The van der Waals surface area contributed by atoms with Crippen LogP contribution in [0.2, 0.25) is 0 Å². The second kappa shape index (κ2) is 13.3. The summed E-state index contributed by atoms with van der Waals surface area (Å²) in [4.78, 5) is 16.2. The van der Waals surface area contributed by atoms with Gasteiger partial charge in [-0.05, 0) is 60.2 Å². The summed E-state index contributed by atoms with van der Waals surface area (Å²) in [5.41, 5.74) is 11.7. The van der Waals surface area contributed by atoms with Crippen molar-refractivity contribution < 1.29 is 4.42 Å². The molecule has 0 spiro atoms. The van der Waals surface area contributed by atoms with Gasteiger partial charge in [0.2, 0.25) is 0 Å². The highest BCUT2D eigenvalue weighted by molar-refractivity contribution is 6.24. The van der Waals surface area contributed by atoms with Crippen molar-refractivity contribution in [2.45, 2.75) is 26.2 Å². The van der Waals surface area contributed by atoms with E-state index in [9.17, 15) is 0 Å². The fourth-order valence-electron chi connectivity index (χ4n) is 9.28. The maximum absolute atomic E-state index is 6.72. The molecule has 61 heavy (non-hydrogen) atoms. The molecule has 0 fully saturated rings. The lowest BCUT2D eigenvalue weighted by Gasteiger charge is -2.22. The van der Waals surface area contributed by atoms with Crippen molar-refractivity contribution in [2.75, 3.05) is 0 Å². The van der Waals surface area contributed by atoms with Gasteiger partial charge in [-0.3, -0.25) is 0 Å². The van der Waals surface area contributed by atoms with Crippen LogP contribution in [0, 0.1) is 0 Å². The Labute approximate surface area is 352 Å². The quantitative estimate of drug-likeness (QED) is 0.174. The van der Waals surface area contributed by atoms with Gasteiger partial charge in [-0.2, -0.15) is 0 Å². The van der Waals surface area contributed by atoms with E-state index in [4.69, 9.17) is 19.4 Å². The van der Waals surface area contributed by atoms with E-state index in [1.54, 1.807) is 0 Å². The van der Waals surface area contributed by atoms with Crippen LogP contribution in [0.15, 0.2) is 186 Å². The molecule has 0 radical (unpaired) electrons. The lowest BCUT2D eigenvalue weighted by atomic mass is 9.95. The highest BCUT2D eigenvalue weighted by Crippen LogP contribution is 2.45. The molecule has 0 atom stereocenters. The highest BCUT2D eigenvalue weighted by atomic mass is 16.3. The number of para-hydroxylation sites is 6. The van der Waals surface area contributed by atoms with Gasteiger partial charge in [-0.25, -0.2) is 15.0 Å². The minimum absolute atomic E-state index is 0.384. The lowest BCUT2D eigenvalue weighted by Crippen LogP contribution is -2.18. The molecule has 6 heteroatoms. The molecule has 0 amide bonds. The number of fused-ring (bicyclic) bond motifs is 10. The van der Waals surface area contributed by atoms with Gasteiger partial charge in [0.1, 0.15) is 17.0 Å². The van der Waals surface area contributed by atoms with Crippen molar-refractivity contribution in [1.82, 2.24) is 24.1 Å². The third-order valence-corrected chi connectivity index (χ3v) is 12.0. The van der Waals surface area contributed by atoms with E-state index in [1.807, 2.05) is 12.1 Å². The monoisotopic (exact) mass is 785 g/mol. The van der Waals surface area contributed by atoms with Crippen LogP contribution in [0.25, 0.3) is 111 Å². The Kier molecular flexibility index (Phi) is 7.69. The van der Waals surface area contributed by atoms with Crippen LogP contribution in [-0.4, -0.2) is 24.1 Å². The van der Waals surface area contributed by atoms with Gasteiger partial charge >= 0.3 is 0 Å². The Morgan fingerprint density at radius 3 is 1.69 bits per heavy atom. The van der Waals surface area contributed by atoms with Crippen LogP contribution in [0.5, 0.6) is 0 Å². The van der Waals surface area contributed by atoms with Crippen molar-refractivity contribution in [3.8, 4) is 45.3 Å². The number of rotatable bonds is 5. The third-order valence-electron chi connectivity index (χ3n) is 12.0. The molecule has 4 heterocycles. The van der Waals surface area contributed by atoms with E-state index in [0.29, 0.717) is 17.5 Å². The molecule has 0 aliphatic rings. The molecule has 0 bridgehead atoms. The molecule has 0 unspecified atom stereocenters. The Hall–Kier alpha value is -7.83. The Morgan fingerprint density at radius 1 is 0.410 bits per heavy atom. The number of aromatic nitrogens is 5.